The van der Waals surface area contributed by atoms with Gasteiger partial charge in [-0.25, -0.2) is 0 Å². The molecular weight excluding hydrogens is 194 g/mol. The van der Waals surface area contributed by atoms with Crippen molar-refractivity contribution in [2.45, 2.75) is 44.9 Å². The quantitative estimate of drug-likeness (QED) is 0.659. The molecular formula is C10H17N3S. The Kier molecular flexibility index (Phi) is 2.56. The molecule has 0 amide bonds. The second-order valence-corrected chi connectivity index (χ2v) is 5.83. The standard InChI is InChI=1S/C10H17N3S/c1-10(2,3)9-12-11-8-5-4-6-14-7-13(8)9/h4-7H2,1-3H3. The van der Waals surface area contributed by atoms with Crippen molar-refractivity contribution in [2.75, 3.05) is 5.75 Å². The van der Waals surface area contributed by atoms with Gasteiger partial charge in [0.05, 0.1) is 5.88 Å². The lowest BCUT2D eigenvalue weighted by Gasteiger charge is -2.18. The van der Waals surface area contributed by atoms with Gasteiger partial charge in [0.15, 0.2) is 0 Å². The third-order valence-corrected chi connectivity index (χ3v) is 3.43. The van der Waals surface area contributed by atoms with Gasteiger partial charge in [-0.2, -0.15) is 0 Å². The van der Waals surface area contributed by atoms with Crippen LogP contribution in [0.4, 0.5) is 0 Å². The van der Waals surface area contributed by atoms with Crippen molar-refractivity contribution < 1.29 is 0 Å². The molecule has 4 heteroatoms. The molecule has 3 nitrogen and oxygen atoms in total. The molecule has 2 heterocycles. The summed E-state index contributed by atoms with van der Waals surface area (Å²) < 4.78 is 2.29. The Labute approximate surface area is 89.3 Å². The Morgan fingerprint density at radius 2 is 2.07 bits per heavy atom. The topological polar surface area (TPSA) is 30.7 Å². The molecule has 0 unspecified atom stereocenters. The molecule has 1 aliphatic rings. The molecule has 0 atom stereocenters. The molecule has 0 N–H and O–H groups in total. The maximum atomic E-state index is 4.31. The first-order chi connectivity index (χ1) is 6.59. The third-order valence-electron chi connectivity index (χ3n) is 2.41. The van der Waals surface area contributed by atoms with Crippen LogP contribution in [0.1, 0.15) is 38.8 Å². The summed E-state index contributed by atoms with van der Waals surface area (Å²) in [6.45, 7) is 6.58. The van der Waals surface area contributed by atoms with E-state index in [-0.39, 0.29) is 5.41 Å². The molecule has 0 radical (unpaired) electrons. The summed E-state index contributed by atoms with van der Waals surface area (Å²) in [5.74, 6) is 4.56. The first-order valence-corrected chi connectivity index (χ1v) is 6.25. The minimum atomic E-state index is 0.107. The van der Waals surface area contributed by atoms with E-state index < -0.39 is 0 Å². The van der Waals surface area contributed by atoms with E-state index in [4.69, 9.17) is 0 Å². The van der Waals surface area contributed by atoms with Gasteiger partial charge in [0.2, 0.25) is 0 Å². The predicted molar refractivity (Wildman–Crippen MR) is 59.5 cm³/mol. The van der Waals surface area contributed by atoms with Crippen LogP contribution >= 0.6 is 11.8 Å². The number of aromatic nitrogens is 3. The fourth-order valence-electron chi connectivity index (χ4n) is 1.70. The molecule has 0 bridgehead atoms. The van der Waals surface area contributed by atoms with Crippen molar-refractivity contribution in [3.8, 4) is 0 Å². The summed E-state index contributed by atoms with van der Waals surface area (Å²) in [6, 6.07) is 0. The van der Waals surface area contributed by atoms with Crippen LogP contribution in [-0.4, -0.2) is 20.5 Å². The monoisotopic (exact) mass is 211 g/mol. The Bertz CT molecular complexity index is 325. The Morgan fingerprint density at radius 1 is 1.29 bits per heavy atom. The highest BCUT2D eigenvalue weighted by Crippen LogP contribution is 2.25. The summed E-state index contributed by atoms with van der Waals surface area (Å²) >= 11 is 1.98. The number of fused-ring (bicyclic) bond motifs is 1. The molecule has 1 aromatic rings. The number of hydrogen-bond donors (Lipinski definition) is 0. The number of hydrogen-bond acceptors (Lipinski definition) is 3. The smallest absolute Gasteiger partial charge is 0.139 e. The highest BCUT2D eigenvalue weighted by molar-refractivity contribution is 7.98. The highest BCUT2D eigenvalue weighted by atomic mass is 32.2. The first kappa shape index (κ1) is 10.0. The minimum absolute atomic E-state index is 0.107. The predicted octanol–water partition coefficient (Wildman–Crippen LogP) is 2.21. The van der Waals surface area contributed by atoms with Gasteiger partial charge >= 0.3 is 0 Å². The van der Waals surface area contributed by atoms with Crippen LogP contribution in [0.5, 0.6) is 0 Å². The van der Waals surface area contributed by atoms with E-state index in [9.17, 15) is 0 Å². The molecule has 0 aliphatic carbocycles. The summed E-state index contributed by atoms with van der Waals surface area (Å²) in [7, 11) is 0. The van der Waals surface area contributed by atoms with Crippen LogP contribution in [-0.2, 0) is 17.7 Å². The van der Waals surface area contributed by atoms with Crippen LogP contribution < -0.4 is 0 Å². The minimum Gasteiger partial charge on any atom is -0.305 e. The first-order valence-electron chi connectivity index (χ1n) is 5.09. The van der Waals surface area contributed by atoms with Crippen molar-refractivity contribution in [1.29, 1.82) is 0 Å². The van der Waals surface area contributed by atoms with E-state index in [0.29, 0.717) is 0 Å². The van der Waals surface area contributed by atoms with Gasteiger partial charge in [0, 0.05) is 11.8 Å². The Hall–Kier alpha value is -0.510. The highest BCUT2D eigenvalue weighted by Gasteiger charge is 2.24. The second-order valence-electron chi connectivity index (χ2n) is 4.76. The molecule has 0 saturated carbocycles. The van der Waals surface area contributed by atoms with Crippen LogP contribution in [0.25, 0.3) is 0 Å². The zero-order chi connectivity index (χ0) is 10.2. The maximum Gasteiger partial charge on any atom is 0.139 e. The summed E-state index contributed by atoms with van der Waals surface area (Å²) in [5.41, 5.74) is 0.107. The summed E-state index contributed by atoms with van der Waals surface area (Å²) in [5, 5.41) is 8.59. The van der Waals surface area contributed by atoms with Crippen molar-refractivity contribution in [3.05, 3.63) is 11.6 Å². The molecule has 0 spiro atoms. The van der Waals surface area contributed by atoms with Crippen LogP contribution in [0.3, 0.4) is 0 Å². The van der Waals surface area contributed by atoms with Crippen molar-refractivity contribution >= 4 is 11.8 Å². The van der Waals surface area contributed by atoms with Gasteiger partial charge in [0.25, 0.3) is 0 Å². The number of aryl methyl sites for hydroxylation is 1. The van der Waals surface area contributed by atoms with Crippen LogP contribution in [0.2, 0.25) is 0 Å². The van der Waals surface area contributed by atoms with E-state index in [1.165, 1.54) is 18.0 Å². The number of nitrogens with zero attached hydrogens (tertiary/aromatic N) is 3. The van der Waals surface area contributed by atoms with E-state index in [0.717, 1.165) is 18.1 Å². The van der Waals surface area contributed by atoms with Gasteiger partial charge in [-0.15, -0.1) is 22.0 Å². The van der Waals surface area contributed by atoms with Gasteiger partial charge < -0.3 is 4.57 Å². The largest absolute Gasteiger partial charge is 0.305 e. The second kappa shape index (κ2) is 3.57. The molecule has 78 valence electrons. The van der Waals surface area contributed by atoms with Gasteiger partial charge in [0.1, 0.15) is 11.6 Å². The average molecular weight is 211 g/mol. The fraction of sp³-hybridized carbons (Fsp3) is 0.800. The SMILES string of the molecule is CC(C)(C)c1nnc2n1CSCCC2. The fourth-order valence-corrected chi connectivity index (χ4v) is 2.63. The van der Waals surface area contributed by atoms with E-state index in [1.807, 2.05) is 11.8 Å². The normalized spacial score (nSPS) is 17.6. The van der Waals surface area contributed by atoms with E-state index in [1.54, 1.807) is 0 Å². The van der Waals surface area contributed by atoms with E-state index >= 15 is 0 Å². The average Bonchev–Trinajstić information content (AvgIpc) is 2.36. The van der Waals surface area contributed by atoms with Crippen molar-refractivity contribution in [1.82, 2.24) is 14.8 Å². The lowest BCUT2D eigenvalue weighted by atomic mass is 9.96. The Balaban J connectivity index is 2.39. The zero-order valence-electron chi connectivity index (χ0n) is 9.08. The molecule has 0 aromatic carbocycles. The third kappa shape index (κ3) is 1.80. The van der Waals surface area contributed by atoms with Crippen molar-refractivity contribution in [3.63, 3.8) is 0 Å². The molecule has 0 fully saturated rings. The molecule has 0 saturated heterocycles. The van der Waals surface area contributed by atoms with Crippen LogP contribution in [0, 0.1) is 0 Å². The number of thioether (sulfide) groups is 1. The lowest BCUT2D eigenvalue weighted by Crippen LogP contribution is -2.19. The van der Waals surface area contributed by atoms with Gasteiger partial charge in [-0.3, -0.25) is 0 Å². The molecule has 14 heavy (non-hydrogen) atoms. The maximum absolute atomic E-state index is 4.31. The van der Waals surface area contributed by atoms with Crippen LogP contribution in [0.15, 0.2) is 0 Å². The van der Waals surface area contributed by atoms with Crippen molar-refractivity contribution in [2.24, 2.45) is 0 Å². The van der Waals surface area contributed by atoms with E-state index in [2.05, 4.69) is 35.5 Å². The lowest BCUT2D eigenvalue weighted by molar-refractivity contribution is 0.515. The molecule has 1 aromatic heterocycles. The molecule has 2 rings (SSSR count). The Morgan fingerprint density at radius 3 is 2.79 bits per heavy atom. The zero-order valence-corrected chi connectivity index (χ0v) is 9.89. The number of rotatable bonds is 0. The van der Waals surface area contributed by atoms with Gasteiger partial charge in [-0.05, 0) is 12.2 Å². The summed E-state index contributed by atoms with van der Waals surface area (Å²) in [4.78, 5) is 0. The summed E-state index contributed by atoms with van der Waals surface area (Å²) in [6.07, 6.45) is 2.31. The molecule has 1 aliphatic heterocycles. The van der Waals surface area contributed by atoms with Gasteiger partial charge in [-0.1, -0.05) is 20.8 Å².